The number of carbonyl (C=O) groups excluding carboxylic acids is 1. The van der Waals surface area contributed by atoms with Gasteiger partial charge in [-0.05, 0) is 57.1 Å². The zero-order chi connectivity index (χ0) is 26.7. The molecule has 1 fully saturated rings. The first-order valence-corrected chi connectivity index (χ1v) is 12.7. The third-order valence-electron chi connectivity index (χ3n) is 7.38. The number of terminal acetylenes is 1. The molecule has 0 spiro atoms. The lowest BCUT2D eigenvalue weighted by Crippen LogP contribution is -2.52. The van der Waals surface area contributed by atoms with Crippen LogP contribution in [-0.2, 0) is 13.5 Å². The number of nitrogens with one attached hydrogen (secondary N) is 2. The Labute approximate surface area is 221 Å². The first-order valence-electron chi connectivity index (χ1n) is 12.7. The van der Waals surface area contributed by atoms with Gasteiger partial charge < -0.3 is 10.6 Å². The van der Waals surface area contributed by atoms with Crippen LogP contribution in [0.4, 0.5) is 4.79 Å². The van der Waals surface area contributed by atoms with E-state index in [1.165, 1.54) is 0 Å². The number of urea groups is 1. The van der Waals surface area contributed by atoms with Gasteiger partial charge in [-0.3, -0.25) is 9.67 Å². The maximum Gasteiger partial charge on any atom is 0.315 e. The molecule has 4 heterocycles. The van der Waals surface area contributed by atoms with Crippen LogP contribution in [-0.4, -0.2) is 42.5 Å². The van der Waals surface area contributed by atoms with Crippen LogP contribution >= 0.6 is 0 Å². The molecule has 38 heavy (non-hydrogen) atoms. The van der Waals surface area contributed by atoms with Crippen molar-refractivity contribution in [2.45, 2.75) is 44.6 Å². The van der Waals surface area contributed by atoms with Crippen molar-refractivity contribution in [1.29, 1.82) is 5.26 Å². The molecule has 0 saturated heterocycles. The molecule has 9 heteroatoms. The van der Waals surface area contributed by atoms with Crippen molar-refractivity contribution < 1.29 is 4.79 Å². The van der Waals surface area contributed by atoms with Crippen molar-refractivity contribution in [3.05, 3.63) is 60.4 Å². The molecule has 0 bridgehead atoms. The van der Waals surface area contributed by atoms with Crippen molar-refractivity contribution in [3.8, 4) is 40.7 Å². The number of hydrogen-bond donors (Lipinski definition) is 2. The maximum atomic E-state index is 12.0. The van der Waals surface area contributed by atoms with Crippen LogP contribution < -0.4 is 10.6 Å². The molecule has 0 aliphatic heterocycles. The number of nitrogens with zero attached hydrogens (tertiary/aromatic N) is 6. The third-order valence-corrected chi connectivity index (χ3v) is 7.38. The maximum absolute atomic E-state index is 12.0. The van der Waals surface area contributed by atoms with Crippen molar-refractivity contribution in [1.82, 2.24) is 35.0 Å². The van der Waals surface area contributed by atoms with Gasteiger partial charge in [-0.1, -0.05) is 12.0 Å². The van der Waals surface area contributed by atoms with Gasteiger partial charge in [0, 0.05) is 59.1 Å². The highest BCUT2D eigenvalue weighted by molar-refractivity contribution is 5.87. The topological polar surface area (TPSA) is 113 Å². The number of carbonyl (C=O) groups is 1. The van der Waals surface area contributed by atoms with Crippen LogP contribution in [0.5, 0.6) is 0 Å². The summed E-state index contributed by atoms with van der Waals surface area (Å²) >= 11 is 0. The molecule has 5 rings (SSSR count). The van der Waals surface area contributed by atoms with Crippen molar-refractivity contribution in [3.63, 3.8) is 0 Å². The van der Waals surface area contributed by atoms with Gasteiger partial charge in [-0.25, -0.2) is 9.31 Å². The highest BCUT2D eigenvalue weighted by Crippen LogP contribution is 2.35. The summed E-state index contributed by atoms with van der Waals surface area (Å²) in [4.78, 5) is 16.8. The van der Waals surface area contributed by atoms with E-state index in [-0.39, 0.29) is 18.1 Å². The van der Waals surface area contributed by atoms with Crippen molar-refractivity contribution in [2.24, 2.45) is 13.0 Å². The summed E-state index contributed by atoms with van der Waals surface area (Å²) in [5.41, 5.74) is 5.87. The lowest BCUT2D eigenvalue weighted by molar-refractivity contribution is 0.191. The largest absolute Gasteiger partial charge is 0.333 e. The first kappa shape index (κ1) is 25.0. The standard InChI is InChI=1S/C29H30N8O/c1-4-11-31-28(38)35-29(2)9-7-20(8-10-29)12-25-6-5-21(15-32-25)26-13-22(24-17-33-36(3)18-24)19-37-27(26)23(14-30)16-34-37/h1,5-6,13,15-20H,7-12H2,2-3H3,(H2,31,35,38). The molecular weight excluding hydrogens is 476 g/mol. The molecule has 4 aromatic rings. The number of nitriles is 1. The summed E-state index contributed by atoms with van der Waals surface area (Å²) in [6.07, 6.45) is 19.1. The Hall–Kier alpha value is -4.63. The average Bonchev–Trinajstić information content (AvgIpc) is 3.55. The fraction of sp³-hybridized carbons (Fsp3) is 0.345. The second-order valence-electron chi connectivity index (χ2n) is 10.3. The third kappa shape index (κ3) is 5.23. The number of aromatic nitrogens is 5. The van der Waals surface area contributed by atoms with Gasteiger partial charge in [0.1, 0.15) is 6.07 Å². The quantitative estimate of drug-likeness (QED) is 0.383. The molecule has 1 saturated carbocycles. The minimum absolute atomic E-state index is 0.208. The van der Waals surface area contributed by atoms with E-state index in [1.54, 1.807) is 15.4 Å². The number of amides is 2. The van der Waals surface area contributed by atoms with Gasteiger partial charge in [-0.15, -0.1) is 6.42 Å². The lowest BCUT2D eigenvalue weighted by Gasteiger charge is -2.38. The monoisotopic (exact) mass is 506 g/mol. The minimum Gasteiger partial charge on any atom is -0.333 e. The summed E-state index contributed by atoms with van der Waals surface area (Å²) in [6.45, 7) is 2.32. The number of hydrogen-bond acceptors (Lipinski definition) is 5. The predicted octanol–water partition coefficient (Wildman–Crippen LogP) is 4.09. The molecule has 1 aliphatic carbocycles. The van der Waals surface area contributed by atoms with Gasteiger partial charge in [0.2, 0.25) is 0 Å². The van der Waals surface area contributed by atoms with Gasteiger partial charge in [0.05, 0.1) is 30.0 Å². The number of pyridine rings is 2. The SMILES string of the molecule is C#CCNC(=O)NC1(C)CCC(Cc2ccc(-c3cc(-c4cnn(C)c4)cn4ncc(C#N)c34)cn2)CC1. The Morgan fingerprint density at radius 3 is 2.63 bits per heavy atom. The molecule has 192 valence electrons. The van der Waals surface area contributed by atoms with E-state index in [4.69, 9.17) is 11.4 Å². The fourth-order valence-corrected chi connectivity index (χ4v) is 5.25. The number of aryl methyl sites for hydroxylation is 1. The Morgan fingerprint density at radius 1 is 1.16 bits per heavy atom. The van der Waals surface area contributed by atoms with Crippen LogP contribution in [0.15, 0.2) is 49.2 Å². The molecule has 0 unspecified atom stereocenters. The van der Waals surface area contributed by atoms with E-state index >= 15 is 0 Å². The van der Waals surface area contributed by atoms with E-state index in [1.807, 2.05) is 31.8 Å². The van der Waals surface area contributed by atoms with E-state index < -0.39 is 0 Å². The summed E-state index contributed by atoms with van der Waals surface area (Å²) in [6, 6.07) is 8.27. The molecule has 4 aromatic heterocycles. The fourth-order valence-electron chi connectivity index (χ4n) is 5.25. The van der Waals surface area contributed by atoms with Gasteiger partial charge >= 0.3 is 6.03 Å². The molecule has 0 aromatic carbocycles. The van der Waals surface area contributed by atoms with Crippen molar-refractivity contribution in [2.75, 3.05) is 6.54 Å². The van der Waals surface area contributed by atoms with Gasteiger partial charge in [0.15, 0.2) is 0 Å². The van der Waals surface area contributed by atoms with Crippen LogP contribution in [0.25, 0.3) is 27.8 Å². The molecule has 9 nitrogen and oxygen atoms in total. The van der Waals surface area contributed by atoms with Crippen LogP contribution in [0.2, 0.25) is 0 Å². The molecule has 0 radical (unpaired) electrons. The Kier molecular flexibility index (Phi) is 6.85. The van der Waals surface area contributed by atoms with E-state index in [9.17, 15) is 10.1 Å². The van der Waals surface area contributed by atoms with Crippen LogP contribution in [0.3, 0.4) is 0 Å². The summed E-state index contributed by atoms with van der Waals surface area (Å²) in [5, 5.41) is 24.1. The lowest BCUT2D eigenvalue weighted by atomic mass is 9.76. The molecular formula is C29H30N8O. The highest BCUT2D eigenvalue weighted by atomic mass is 16.2. The number of fused-ring (bicyclic) bond motifs is 1. The van der Waals surface area contributed by atoms with Crippen molar-refractivity contribution >= 4 is 11.5 Å². The average molecular weight is 507 g/mol. The van der Waals surface area contributed by atoms with Gasteiger partial charge in [-0.2, -0.15) is 15.5 Å². The van der Waals surface area contributed by atoms with Gasteiger partial charge in [0.25, 0.3) is 0 Å². The van der Waals surface area contributed by atoms with E-state index in [0.29, 0.717) is 11.5 Å². The summed E-state index contributed by atoms with van der Waals surface area (Å²) in [5.74, 6) is 2.93. The first-order chi connectivity index (χ1) is 18.4. The van der Waals surface area contributed by atoms with Crippen LogP contribution in [0.1, 0.15) is 43.9 Å². The minimum atomic E-state index is -0.221. The summed E-state index contributed by atoms with van der Waals surface area (Å²) < 4.78 is 3.52. The second-order valence-corrected chi connectivity index (χ2v) is 10.3. The normalized spacial score (nSPS) is 19.0. The molecule has 1 aliphatic rings. The molecule has 2 amide bonds. The highest BCUT2D eigenvalue weighted by Gasteiger charge is 2.32. The van der Waals surface area contributed by atoms with E-state index in [2.05, 4.69) is 57.9 Å². The zero-order valence-corrected chi connectivity index (χ0v) is 21.6. The van der Waals surface area contributed by atoms with E-state index in [0.717, 1.165) is 65.6 Å². The second kappa shape index (κ2) is 10.4. The summed E-state index contributed by atoms with van der Waals surface area (Å²) in [7, 11) is 1.88. The molecule has 2 N–H and O–H groups in total. The zero-order valence-electron chi connectivity index (χ0n) is 21.6. The molecule has 0 atom stereocenters. The Bertz CT molecular complexity index is 1540. The Morgan fingerprint density at radius 2 is 1.97 bits per heavy atom. The number of rotatable bonds is 6. The predicted molar refractivity (Wildman–Crippen MR) is 145 cm³/mol. The smallest absolute Gasteiger partial charge is 0.315 e. The Balaban J connectivity index is 1.31. The van der Waals surface area contributed by atoms with Crippen LogP contribution in [0, 0.1) is 29.6 Å².